The number of nitrogens with one attached hydrogen (secondary N) is 1. The number of rotatable bonds is 5. The minimum absolute atomic E-state index is 0.0344. The molecule has 0 saturated carbocycles. The predicted octanol–water partition coefficient (Wildman–Crippen LogP) is 3.52. The van der Waals surface area contributed by atoms with Crippen molar-refractivity contribution in [3.63, 3.8) is 0 Å². The number of aromatic nitrogens is 3. The van der Waals surface area contributed by atoms with Gasteiger partial charge in [-0.3, -0.25) is 0 Å². The molecule has 0 spiro atoms. The molecule has 0 aliphatic rings. The van der Waals surface area contributed by atoms with Gasteiger partial charge in [0.05, 0.1) is 5.56 Å². The zero-order valence-electron chi connectivity index (χ0n) is 13.9. The fraction of sp³-hybridized carbons (Fsp3) is 0.111. The second-order valence-electron chi connectivity index (χ2n) is 5.51. The van der Waals surface area contributed by atoms with E-state index >= 15 is 0 Å². The van der Waals surface area contributed by atoms with Crippen LogP contribution in [0.15, 0.2) is 48.5 Å². The summed E-state index contributed by atoms with van der Waals surface area (Å²) in [5.74, 6) is 0.0502. The Morgan fingerprint density at radius 1 is 1.08 bits per heavy atom. The van der Waals surface area contributed by atoms with Crippen molar-refractivity contribution in [2.75, 3.05) is 11.1 Å². The van der Waals surface area contributed by atoms with Gasteiger partial charge in [0, 0.05) is 10.7 Å². The van der Waals surface area contributed by atoms with E-state index in [4.69, 9.17) is 22.1 Å². The molecule has 0 atom stereocenters. The zero-order valence-corrected chi connectivity index (χ0v) is 14.7. The molecule has 0 aliphatic heterocycles. The lowest BCUT2D eigenvalue weighted by Gasteiger charge is -2.08. The maximum atomic E-state index is 12.0. The van der Waals surface area contributed by atoms with E-state index in [1.807, 2.05) is 31.2 Å². The zero-order chi connectivity index (χ0) is 18.5. The molecule has 26 heavy (non-hydrogen) atoms. The minimum atomic E-state index is -0.506. The van der Waals surface area contributed by atoms with Gasteiger partial charge in [-0.1, -0.05) is 29.3 Å². The molecule has 132 valence electrons. The Bertz CT molecular complexity index is 914. The summed E-state index contributed by atoms with van der Waals surface area (Å²) in [4.78, 5) is 24.3. The molecule has 0 fully saturated rings. The van der Waals surface area contributed by atoms with Crippen LogP contribution in [-0.4, -0.2) is 20.9 Å². The van der Waals surface area contributed by atoms with E-state index in [1.165, 1.54) is 0 Å². The van der Waals surface area contributed by atoms with Crippen LogP contribution in [0.4, 0.5) is 17.6 Å². The Kier molecular flexibility index (Phi) is 5.28. The van der Waals surface area contributed by atoms with E-state index in [0.717, 1.165) is 11.3 Å². The lowest BCUT2D eigenvalue weighted by atomic mass is 10.2. The smallest absolute Gasteiger partial charge is 0.338 e. The minimum Gasteiger partial charge on any atom is -0.454 e. The van der Waals surface area contributed by atoms with Crippen LogP contribution in [0, 0.1) is 6.92 Å². The van der Waals surface area contributed by atoms with E-state index in [1.54, 1.807) is 24.3 Å². The summed E-state index contributed by atoms with van der Waals surface area (Å²) in [5, 5.41) is 3.58. The molecule has 0 radical (unpaired) electrons. The number of nitrogen functional groups attached to an aromatic ring is 1. The normalized spacial score (nSPS) is 10.4. The quantitative estimate of drug-likeness (QED) is 0.663. The Morgan fingerprint density at radius 3 is 2.46 bits per heavy atom. The van der Waals surface area contributed by atoms with Crippen LogP contribution in [0.1, 0.15) is 21.7 Å². The molecule has 1 heterocycles. The van der Waals surface area contributed by atoms with Gasteiger partial charge in [0.2, 0.25) is 11.9 Å². The van der Waals surface area contributed by atoms with Gasteiger partial charge in [0.1, 0.15) is 0 Å². The number of carbonyl (C=O) groups excluding carboxylic acids is 1. The number of nitrogens with zero attached hydrogens (tertiary/aromatic N) is 3. The van der Waals surface area contributed by atoms with Crippen molar-refractivity contribution in [1.82, 2.24) is 15.0 Å². The molecule has 0 bridgehead atoms. The number of ether oxygens (including phenoxy) is 1. The highest BCUT2D eigenvalue weighted by Gasteiger charge is 2.10. The summed E-state index contributed by atoms with van der Waals surface area (Å²) >= 11 is 5.80. The Balaban J connectivity index is 1.68. The predicted molar refractivity (Wildman–Crippen MR) is 99.3 cm³/mol. The molecule has 8 heteroatoms. The van der Waals surface area contributed by atoms with Gasteiger partial charge in [-0.2, -0.15) is 15.0 Å². The molecule has 3 rings (SSSR count). The standard InChI is InChI=1S/C18H16ClN5O2/c1-11-2-8-14(9-3-11)21-18-23-15(22-17(20)24-18)10-26-16(25)12-4-6-13(19)7-5-12/h2-9H,10H2,1H3,(H3,20,21,22,23,24). The Labute approximate surface area is 155 Å². The Morgan fingerprint density at radius 2 is 1.77 bits per heavy atom. The SMILES string of the molecule is Cc1ccc(Nc2nc(N)nc(COC(=O)c3ccc(Cl)cc3)n2)cc1. The third-order valence-corrected chi connectivity index (χ3v) is 3.67. The molecule has 3 N–H and O–H groups in total. The van der Waals surface area contributed by atoms with Crippen molar-refractivity contribution in [2.45, 2.75) is 13.5 Å². The van der Waals surface area contributed by atoms with Gasteiger partial charge in [0.15, 0.2) is 12.4 Å². The third-order valence-electron chi connectivity index (χ3n) is 3.42. The molecule has 0 amide bonds. The maximum absolute atomic E-state index is 12.0. The van der Waals surface area contributed by atoms with Crippen molar-refractivity contribution >= 4 is 35.2 Å². The van der Waals surface area contributed by atoms with Crippen molar-refractivity contribution in [1.29, 1.82) is 0 Å². The number of hydrogen-bond acceptors (Lipinski definition) is 7. The van der Waals surface area contributed by atoms with Crippen LogP contribution in [-0.2, 0) is 11.3 Å². The fourth-order valence-corrected chi connectivity index (χ4v) is 2.25. The largest absolute Gasteiger partial charge is 0.454 e. The van der Waals surface area contributed by atoms with E-state index < -0.39 is 5.97 Å². The molecular weight excluding hydrogens is 354 g/mol. The number of hydrogen-bond donors (Lipinski definition) is 2. The van der Waals surface area contributed by atoms with E-state index in [-0.39, 0.29) is 24.3 Å². The maximum Gasteiger partial charge on any atom is 0.338 e. The number of aryl methyl sites for hydroxylation is 1. The monoisotopic (exact) mass is 369 g/mol. The number of halogens is 1. The molecule has 0 unspecified atom stereocenters. The first-order chi connectivity index (χ1) is 12.5. The fourth-order valence-electron chi connectivity index (χ4n) is 2.12. The highest BCUT2D eigenvalue weighted by atomic mass is 35.5. The number of anilines is 3. The lowest BCUT2D eigenvalue weighted by Crippen LogP contribution is -2.11. The van der Waals surface area contributed by atoms with Gasteiger partial charge < -0.3 is 15.8 Å². The van der Waals surface area contributed by atoms with E-state index in [9.17, 15) is 4.79 Å². The number of carbonyl (C=O) groups is 1. The van der Waals surface area contributed by atoms with Crippen molar-refractivity contribution in [3.8, 4) is 0 Å². The van der Waals surface area contributed by atoms with Crippen LogP contribution >= 0.6 is 11.6 Å². The number of nitrogens with two attached hydrogens (primary N) is 1. The Hall–Kier alpha value is -3.19. The van der Waals surface area contributed by atoms with Gasteiger partial charge >= 0.3 is 5.97 Å². The molecule has 3 aromatic rings. The number of benzene rings is 2. The highest BCUT2D eigenvalue weighted by molar-refractivity contribution is 6.30. The van der Waals surface area contributed by atoms with Crippen molar-refractivity contribution < 1.29 is 9.53 Å². The van der Waals surface area contributed by atoms with E-state index in [0.29, 0.717) is 10.6 Å². The first-order valence-electron chi connectivity index (χ1n) is 7.76. The molecule has 1 aromatic heterocycles. The van der Waals surface area contributed by atoms with Gasteiger partial charge in [-0.05, 0) is 43.3 Å². The lowest BCUT2D eigenvalue weighted by molar-refractivity contribution is 0.0462. The van der Waals surface area contributed by atoms with Gasteiger partial charge in [-0.15, -0.1) is 0 Å². The molecule has 0 aliphatic carbocycles. The topological polar surface area (TPSA) is 103 Å². The first kappa shape index (κ1) is 17.6. The molecule has 0 saturated heterocycles. The van der Waals surface area contributed by atoms with Crippen LogP contribution < -0.4 is 11.1 Å². The second kappa shape index (κ2) is 7.79. The summed E-state index contributed by atoms with van der Waals surface area (Å²) < 4.78 is 5.21. The van der Waals surface area contributed by atoms with Gasteiger partial charge in [0.25, 0.3) is 0 Å². The summed E-state index contributed by atoms with van der Waals surface area (Å²) in [5.41, 5.74) is 8.05. The van der Waals surface area contributed by atoms with Crippen LogP contribution in [0.5, 0.6) is 0 Å². The third kappa shape index (κ3) is 4.67. The summed E-state index contributed by atoms with van der Waals surface area (Å²) in [6.45, 7) is 1.87. The second-order valence-corrected chi connectivity index (χ2v) is 5.94. The van der Waals surface area contributed by atoms with Crippen molar-refractivity contribution in [3.05, 3.63) is 70.5 Å². The summed E-state index contributed by atoms with van der Waals surface area (Å²) in [6.07, 6.45) is 0. The molecular formula is C18H16ClN5O2. The van der Waals surface area contributed by atoms with E-state index in [2.05, 4.69) is 20.3 Å². The average Bonchev–Trinajstić information content (AvgIpc) is 2.62. The first-order valence-corrected chi connectivity index (χ1v) is 8.14. The van der Waals surface area contributed by atoms with Gasteiger partial charge in [-0.25, -0.2) is 4.79 Å². The highest BCUT2D eigenvalue weighted by Crippen LogP contribution is 2.15. The van der Waals surface area contributed by atoms with Crippen LogP contribution in [0.3, 0.4) is 0 Å². The summed E-state index contributed by atoms with van der Waals surface area (Å²) in [6, 6.07) is 14.1. The molecule has 7 nitrogen and oxygen atoms in total. The summed E-state index contributed by atoms with van der Waals surface area (Å²) in [7, 11) is 0. The van der Waals surface area contributed by atoms with Crippen LogP contribution in [0.2, 0.25) is 5.02 Å². The van der Waals surface area contributed by atoms with Crippen LogP contribution in [0.25, 0.3) is 0 Å². The van der Waals surface area contributed by atoms with Crippen molar-refractivity contribution in [2.24, 2.45) is 0 Å². The number of esters is 1. The molecule has 2 aromatic carbocycles. The average molecular weight is 370 g/mol.